The van der Waals surface area contributed by atoms with Crippen LogP contribution in [0.1, 0.15) is 12.8 Å². The van der Waals surface area contributed by atoms with E-state index in [0.29, 0.717) is 5.32 Å². The summed E-state index contributed by atoms with van der Waals surface area (Å²) in [4.78, 5) is 0. The monoisotopic (exact) mass is 248 g/mol. The number of rotatable bonds is 0. The van der Waals surface area contributed by atoms with E-state index >= 15 is 0 Å². The zero-order chi connectivity index (χ0) is 6.04. The van der Waals surface area contributed by atoms with Crippen molar-refractivity contribution in [3.63, 3.8) is 0 Å². The molecular weight excluding hydrogens is 238 g/mol. The van der Waals surface area contributed by atoms with Gasteiger partial charge >= 0.3 is 55.2 Å². The molecule has 0 aliphatic carbocycles. The Morgan fingerprint density at radius 2 is 2.00 bits per heavy atom. The third-order valence-corrected chi connectivity index (χ3v) is 12.0. The van der Waals surface area contributed by atoms with Gasteiger partial charge in [-0.05, 0) is 0 Å². The molecule has 48 valence electrons. The van der Waals surface area contributed by atoms with Gasteiger partial charge in [0.15, 0.2) is 0 Å². The summed E-state index contributed by atoms with van der Waals surface area (Å²) in [6.45, 7) is 0. The van der Waals surface area contributed by atoms with E-state index in [0.717, 1.165) is 18.2 Å². The van der Waals surface area contributed by atoms with Gasteiger partial charge in [0, 0.05) is 0 Å². The van der Waals surface area contributed by atoms with Crippen molar-refractivity contribution in [1.29, 1.82) is 0 Å². The number of hydrogen-bond acceptors (Lipinski definition) is 2. The molecule has 1 heterocycles. The second-order valence-electron chi connectivity index (χ2n) is 1.79. The van der Waals surface area contributed by atoms with Gasteiger partial charge in [0.2, 0.25) is 0 Å². The Bertz CT molecular complexity index is 147. The summed E-state index contributed by atoms with van der Waals surface area (Å²) in [5.74, 6) is 0. The average Bonchev–Trinajstić information content (AvgIpc) is 1.65. The van der Waals surface area contributed by atoms with Crippen LogP contribution >= 0.6 is 0 Å². The summed E-state index contributed by atoms with van der Waals surface area (Å²) in [6, 6.07) is 0. The van der Waals surface area contributed by atoms with Crippen LogP contribution in [0.4, 0.5) is 0 Å². The topological polar surface area (TPSA) is 34.1 Å². The fourth-order valence-electron chi connectivity index (χ4n) is 0.626. The molecule has 0 spiro atoms. The van der Waals surface area contributed by atoms with E-state index in [4.69, 9.17) is 0 Å². The Hall–Kier alpha value is 0.639. The third-order valence-electron chi connectivity index (χ3n) is 1.05. The van der Waals surface area contributed by atoms with Gasteiger partial charge in [0.05, 0.1) is 0 Å². The van der Waals surface area contributed by atoms with Gasteiger partial charge in [0.1, 0.15) is 0 Å². The van der Waals surface area contributed by atoms with Crippen LogP contribution < -0.4 is 0 Å². The first kappa shape index (κ1) is 6.75. The Labute approximate surface area is 55.4 Å². The molecule has 1 aliphatic heterocycles. The van der Waals surface area contributed by atoms with Crippen molar-refractivity contribution in [3.8, 4) is 0 Å². The van der Waals surface area contributed by atoms with Crippen LogP contribution in [0.5, 0.6) is 0 Å². The number of hydrogen-bond donors (Lipinski definition) is 0. The average molecular weight is 246 g/mol. The summed E-state index contributed by atoms with van der Waals surface area (Å²) in [7, 11) is -3.19. The van der Waals surface area contributed by atoms with Gasteiger partial charge in [0.25, 0.3) is 0 Å². The van der Waals surface area contributed by atoms with Crippen molar-refractivity contribution in [3.05, 3.63) is 0 Å². The summed E-state index contributed by atoms with van der Waals surface area (Å²) >= 11 is -0.00521. The zero-order valence-electron chi connectivity index (χ0n) is 4.46. The molecule has 0 aromatic carbocycles. The van der Waals surface area contributed by atoms with E-state index in [1.54, 1.807) is 0 Å². The summed E-state index contributed by atoms with van der Waals surface area (Å²) in [5.41, 5.74) is 0. The molecule has 8 heavy (non-hydrogen) atoms. The molecular formula is C4H8O2Se2. The van der Waals surface area contributed by atoms with Crippen molar-refractivity contribution < 1.29 is 7.67 Å². The molecule has 4 heteroatoms. The van der Waals surface area contributed by atoms with Crippen molar-refractivity contribution in [1.82, 2.24) is 0 Å². The maximum atomic E-state index is 10.8. The quantitative estimate of drug-likeness (QED) is 0.589. The van der Waals surface area contributed by atoms with Crippen molar-refractivity contribution in [2.45, 2.75) is 23.5 Å². The molecule has 0 unspecified atom stereocenters. The minimum atomic E-state index is -3.19. The molecule has 0 atom stereocenters. The summed E-state index contributed by atoms with van der Waals surface area (Å²) in [5, 5.41) is 1.50. The van der Waals surface area contributed by atoms with Crippen molar-refractivity contribution in [2.75, 3.05) is 0 Å². The molecule has 1 saturated heterocycles. The fourth-order valence-corrected chi connectivity index (χ4v) is 9.87. The van der Waals surface area contributed by atoms with Gasteiger partial charge in [-0.25, -0.2) is 0 Å². The van der Waals surface area contributed by atoms with Crippen LogP contribution in [-0.2, 0) is 7.67 Å². The van der Waals surface area contributed by atoms with Gasteiger partial charge < -0.3 is 0 Å². The third kappa shape index (κ3) is 1.87. The van der Waals surface area contributed by atoms with Crippen LogP contribution in [0.3, 0.4) is 0 Å². The Kier molecular flexibility index (Phi) is 2.10. The molecule has 0 aromatic heterocycles. The molecule has 0 amide bonds. The van der Waals surface area contributed by atoms with Crippen molar-refractivity contribution in [2.24, 2.45) is 0 Å². The van der Waals surface area contributed by atoms with Crippen LogP contribution in [0, 0.1) is 0 Å². The van der Waals surface area contributed by atoms with Gasteiger partial charge in [-0.15, -0.1) is 0 Å². The minimum absolute atomic E-state index is 0.00521. The van der Waals surface area contributed by atoms with Crippen molar-refractivity contribution >= 4 is 24.0 Å². The molecule has 1 fully saturated rings. The van der Waals surface area contributed by atoms with Gasteiger partial charge in [-0.2, -0.15) is 0 Å². The second-order valence-corrected chi connectivity index (χ2v) is 14.4. The van der Waals surface area contributed by atoms with E-state index in [1.165, 1.54) is 0 Å². The van der Waals surface area contributed by atoms with Crippen LogP contribution in [0.2, 0.25) is 10.6 Å². The van der Waals surface area contributed by atoms with E-state index in [1.807, 2.05) is 0 Å². The molecule has 0 N–H and O–H groups in total. The first-order valence-corrected chi connectivity index (χ1v) is 10.7. The second kappa shape index (κ2) is 2.49. The Morgan fingerprint density at radius 1 is 1.25 bits per heavy atom. The predicted molar refractivity (Wildman–Crippen MR) is 31.7 cm³/mol. The molecule has 2 nitrogen and oxygen atoms in total. The predicted octanol–water partition coefficient (Wildman–Crippen LogP) is 0.703. The van der Waals surface area contributed by atoms with E-state index in [2.05, 4.69) is 0 Å². The standard InChI is InChI=1S/C4H8O2Se2/c5-8(6)4-2-1-3-7-8/h1-4H2. The first-order chi connectivity index (χ1) is 3.71. The fraction of sp³-hybridized carbons (Fsp3) is 1.00. The maximum absolute atomic E-state index is 10.8. The van der Waals surface area contributed by atoms with Crippen LogP contribution in [0.15, 0.2) is 0 Å². The SMILES string of the molecule is O=[Se]1(=O)CCCC[Se]1. The molecule has 0 bridgehead atoms. The Balaban J connectivity index is 2.58. The normalized spacial score (nSPS) is 27.5. The van der Waals surface area contributed by atoms with E-state index in [9.17, 15) is 7.67 Å². The first-order valence-electron chi connectivity index (χ1n) is 2.58. The molecule has 0 radical (unpaired) electrons. The van der Waals surface area contributed by atoms with E-state index < -0.39 is 10.9 Å². The summed E-state index contributed by atoms with van der Waals surface area (Å²) in [6.07, 6.45) is 2.07. The summed E-state index contributed by atoms with van der Waals surface area (Å²) < 4.78 is 21.5. The molecule has 1 aliphatic rings. The molecule has 1 rings (SSSR count). The van der Waals surface area contributed by atoms with E-state index in [-0.39, 0.29) is 13.1 Å². The van der Waals surface area contributed by atoms with Gasteiger partial charge in [-0.3, -0.25) is 0 Å². The molecule has 0 aromatic rings. The van der Waals surface area contributed by atoms with Gasteiger partial charge in [-0.1, -0.05) is 0 Å². The Morgan fingerprint density at radius 3 is 2.25 bits per heavy atom. The molecule has 0 saturated carbocycles. The van der Waals surface area contributed by atoms with Crippen LogP contribution in [0.25, 0.3) is 0 Å². The van der Waals surface area contributed by atoms with Crippen LogP contribution in [-0.4, -0.2) is 24.0 Å². The zero-order valence-corrected chi connectivity index (χ0v) is 7.89.